The number of aromatic amines is 1. The van der Waals surface area contributed by atoms with Gasteiger partial charge in [0, 0.05) is 36.4 Å². The summed E-state index contributed by atoms with van der Waals surface area (Å²) in [5.41, 5.74) is 0.887. The van der Waals surface area contributed by atoms with Crippen molar-refractivity contribution in [2.24, 2.45) is 0 Å². The molecule has 9 nitrogen and oxygen atoms in total. The molecule has 3 N–H and O–H groups in total. The molecule has 0 spiro atoms. The van der Waals surface area contributed by atoms with Gasteiger partial charge in [0.15, 0.2) is 0 Å². The van der Waals surface area contributed by atoms with Crippen LogP contribution in [-0.4, -0.2) is 54.4 Å². The van der Waals surface area contributed by atoms with Gasteiger partial charge in [-0.15, -0.1) is 0 Å². The van der Waals surface area contributed by atoms with Crippen molar-refractivity contribution < 1.29 is 18.0 Å². The number of hydrogen-bond acceptors (Lipinski definition) is 5. The summed E-state index contributed by atoms with van der Waals surface area (Å²) >= 11 is 5.78. The Balaban J connectivity index is 1.62. The molecule has 0 bridgehead atoms. The van der Waals surface area contributed by atoms with Crippen LogP contribution in [0.3, 0.4) is 0 Å². The number of nitrogens with zero attached hydrogens (tertiary/aromatic N) is 2. The second kappa shape index (κ2) is 9.27. The molecule has 1 unspecified atom stereocenters. The predicted molar refractivity (Wildman–Crippen MR) is 107 cm³/mol. The van der Waals surface area contributed by atoms with Crippen molar-refractivity contribution in [3.05, 3.63) is 47.5 Å². The van der Waals surface area contributed by atoms with E-state index in [1.54, 1.807) is 12.5 Å². The number of urea groups is 1. The Morgan fingerprint density at radius 1 is 1.24 bits per heavy atom. The minimum Gasteiger partial charge on any atom is -0.354 e. The summed E-state index contributed by atoms with van der Waals surface area (Å²) in [7, 11) is -4.06. The number of aromatic nitrogens is 2. The molecule has 2 aromatic rings. The van der Waals surface area contributed by atoms with Crippen molar-refractivity contribution in [3.63, 3.8) is 0 Å². The highest BCUT2D eigenvalue weighted by molar-refractivity contribution is 7.90. The number of hydrogen-bond donors (Lipinski definition) is 3. The topological polar surface area (TPSA) is 124 Å². The molecule has 1 aromatic heterocycles. The van der Waals surface area contributed by atoms with E-state index in [1.807, 2.05) is 4.72 Å². The molecule has 1 aliphatic rings. The van der Waals surface area contributed by atoms with E-state index in [0.717, 1.165) is 12.1 Å². The molecule has 29 heavy (non-hydrogen) atoms. The van der Waals surface area contributed by atoms with E-state index in [-0.39, 0.29) is 10.8 Å². The molecule has 1 aromatic carbocycles. The Hall–Kier alpha value is -2.59. The number of piperidine rings is 1. The Kier molecular flexibility index (Phi) is 6.75. The van der Waals surface area contributed by atoms with E-state index in [2.05, 4.69) is 15.3 Å². The molecule has 11 heteroatoms. The monoisotopic (exact) mass is 439 g/mol. The lowest BCUT2D eigenvalue weighted by atomic mass is 10.0. The van der Waals surface area contributed by atoms with Crippen LogP contribution in [0.15, 0.2) is 41.7 Å². The Morgan fingerprint density at radius 3 is 2.69 bits per heavy atom. The molecule has 1 fully saturated rings. The fourth-order valence-electron chi connectivity index (χ4n) is 3.15. The maximum absolute atomic E-state index is 12.6. The average Bonchev–Trinajstić information content (AvgIpc) is 3.21. The zero-order valence-corrected chi connectivity index (χ0v) is 17.2. The van der Waals surface area contributed by atoms with Crippen LogP contribution < -0.4 is 10.0 Å². The zero-order valence-electron chi connectivity index (χ0n) is 15.6. The molecule has 156 valence electrons. The van der Waals surface area contributed by atoms with Gasteiger partial charge >= 0.3 is 6.03 Å². The lowest BCUT2D eigenvalue weighted by Crippen LogP contribution is -2.55. The highest BCUT2D eigenvalue weighted by Crippen LogP contribution is 2.19. The summed E-state index contributed by atoms with van der Waals surface area (Å²) in [5.74, 6) is -0.303. The number of H-pyrrole nitrogens is 1. The van der Waals surface area contributed by atoms with E-state index in [1.165, 1.54) is 29.2 Å². The summed E-state index contributed by atoms with van der Waals surface area (Å²) < 4.78 is 27.0. The zero-order chi connectivity index (χ0) is 20.9. The maximum Gasteiger partial charge on any atom is 0.331 e. The normalized spacial score (nSPS) is 17.0. The summed E-state index contributed by atoms with van der Waals surface area (Å²) in [5, 5.41) is 3.19. The van der Waals surface area contributed by atoms with Crippen molar-refractivity contribution in [2.45, 2.75) is 36.6 Å². The number of imidazole rings is 1. The van der Waals surface area contributed by atoms with Crippen molar-refractivity contribution in [3.8, 4) is 0 Å². The maximum atomic E-state index is 12.6. The quantitative estimate of drug-likeness (QED) is 0.631. The Morgan fingerprint density at radius 2 is 2.00 bits per heavy atom. The fourth-order valence-corrected chi connectivity index (χ4v) is 4.24. The first-order chi connectivity index (χ1) is 13.9. The molecule has 0 radical (unpaired) electrons. The van der Waals surface area contributed by atoms with Crippen LogP contribution in [0.1, 0.15) is 25.0 Å². The molecule has 2 heterocycles. The number of carbonyl (C=O) groups excluding carboxylic acids is 2. The second-order valence-electron chi connectivity index (χ2n) is 6.69. The average molecular weight is 440 g/mol. The van der Waals surface area contributed by atoms with Crippen LogP contribution in [-0.2, 0) is 21.2 Å². The first kappa shape index (κ1) is 21.1. The lowest BCUT2D eigenvalue weighted by molar-refractivity contribution is -0.126. The third-order valence-corrected chi connectivity index (χ3v) is 6.25. The van der Waals surface area contributed by atoms with Gasteiger partial charge in [-0.2, -0.15) is 0 Å². The van der Waals surface area contributed by atoms with Crippen LogP contribution in [0.25, 0.3) is 0 Å². The first-order valence-electron chi connectivity index (χ1n) is 9.21. The molecule has 1 aliphatic heterocycles. The Labute approximate surface area is 173 Å². The predicted octanol–water partition coefficient (Wildman–Crippen LogP) is 1.67. The van der Waals surface area contributed by atoms with Gasteiger partial charge in [-0.05, 0) is 43.5 Å². The van der Waals surface area contributed by atoms with Gasteiger partial charge in [0.05, 0.1) is 11.2 Å². The number of amides is 3. The van der Waals surface area contributed by atoms with Crippen LogP contribution >= 0.6 is 11.6 Å². The molecule has 0 aliphatic carbocycles. The van der Waals surface area contributed by atoms with Crippen LogP contribution in [0.2, 0.25) is 5.02 Å². The SMILES string of the molecule is O=C(NCCc1cnc[nH]1)C1CCCCN1C(=O)NS(=O)(=O)c1ccc(Cl)cc1. The highest BCUT2D eigenvalue weighted by atomic mass is 35.5. The number of nitrogens with one attached hydrogen (secondary N) is 3. The number of halogens is 1. The Bertz CT molecular complexity index is 947. The molecule has 1 atom stereocenters. The van der Waals surface area contributed by atoms with E-state index in [9.17, 15) is 18.0 Å². The van der Waals surface area contributed by atoms with Gasteiger partial charge in [-0.25, -0.2) is 22.9 Å². The molecular weight excluding hydrogens is 418 g/mol. The van der Waals surface area contributed by atoms with Crippen molar-refractivity contribution in [2.75, 3.05) is 13.1 Å². The number of carbonyl (C=O) groups is 2. The van der Waals surface area contributed by atoms with Crippen LogP contribution in [0.5, 0.6) is 0 Å². The van der Waals surface area contributed by atoms with Gasteiger partial charge in [-0.3, -0.25) is 4.79 Å². The molecular formula is C18H22ClN5O4S. The summed E-state index contributed by atoms with van der Waals surface area (Å²) in [6.07, 6.45) is 5.78. The molecule has 0 saturated carbocycles. The summed E-state index contributed by atoms with van der Waals surface area (Å²) in [4.78, 5) is 33.3. The first-order valence-corrected chi connectivity index (χ1v) is 11.1. The minimum absolute atomic E-state index is 0.0761. The van der Waals surface area contributed by atoms with Crippen LogP contribution in [0, 0.1) is 0 Å². The van der Waals surface area contributed by atoms with Gasteiger partial charge in [-0.1, -0.05) is 11.6 Å². The van der Waals surface area contributed by atoms with Crippen molar-refractivity contribution in [1.82, 2.24) is 24.9 Å². The minimum atomic E-state index is -4.06. The molecule has 3 amide bonds. The summed E-state index contributed by atoms with van der Waals surface area (Å²) in [6, 6.07) is 3.95. The standard InChI is InChI=1S/C18H22ClN5O4S/c19-13-4-6-15(7-5-13)29(27,28)23-18(26)24-10-2-1-3-16(24)17(25)21-9-8-14-11-20-12-22-14/h4-7,11-12,16H,1-3,8-10H2,(H,20,22)(H,21,25)(H,23,26). The van der Waals surface area contributed by atoms with Crippen molar-refractivity contribution in [1.29, 1.82) is 0 Å². The number of likely N-dealkylation sites (tertiary alicyclic amines) is 1. The van der Waals surface area contributed by atoms with Crippen molar-refractivity contribution >= 4 is 33.6 Å². The number of rotatable bonds is 6. The molecule has 1 saturated heterocycles. The van der Waals surface area contributed by atoms with Gasteiger partial charge < -0.3 is 15.2 Å². The number of benzene rings is 1. The highest BCUT2D eigenvalue weighted by Gasteiger charge is 2.33. The van der Waals surface area contributed by atoms with Gasteiger partial charge in [0.1, 0.15) is 6.04 Å². The largest absolute Gasteiger partial charge is 0.354 e. The smallest absolute Gasteiger partial charge is 0.331 e. The number of sulfonamides is 1. The van der Waals surface area contributed by atoms with E-state index >= 15 is 0 Å². The third-order valence-electron chi connectivity index (χ3n) is 4.66. The molecule has 3 rings (SSSR count). The van der Waals surface area contributed by atoms with Gasteiger partial charge in [0.2, 0.25) is 5.91 Å². The lowest BCUT2D eigenvalue weighted by Gasteiger charge is -2.34. The fraction of sp³-hybridized carbons (Fsp3) is 0.389. The third kappa shape index (κ3) is 5.48. The van der Waals surface area contributed by atoms with E-state index in [0.29, 0.717) is 37.4 Å². The van der Waals surface area contributed by atoms with E-state index in [4.69, 9.17) is 11.6 Å². The second-order valence-corrected chi connectivity index (χ2v) is 8.81. The summed E-state index contributed by atoms with van der Waals surface area (Å²) in [6.45, 7) is 0.691. The van der Waals surface area contributed by atoms with E-state index < -0.39 is 22.1 Å². The van der Waals surface area contributed by atoms with Gasteiger partial charge in [0.25, 0.3) is 10.0 Å². The van der Waals surface area contributed by atoms with Crippen LogP contribution in [0.4, 0.5) is 4.79 Å².